The van der Waals surface area contributed by atoms with Gasteiger partial charge in [0.05, 0.1) is 7.11 Å². The molecule has 0 unspecified atom stereocenters. The van der Waals surface area contributed by atoms with Gasteiger partial charge in [-0.15, -0.1) is 0 Å². The Balaban J connectivity index is 1.39. The van der Waals surface area contributed by atoms with Crippen molar-refractivity contribution in [3.05, 3.63) is 60.4 Å². The van der Waals surface area contributed by atoms with Crippen molar-refractivity contribution in [2.24, 2.45) is 0 Å². The van der Waals surface area contributed by atoms with Crippen LogP contribution in [0.2, 0.25) is 0 Å². The highest BCUT2D eigenvalue weighted by Crippen LogP contribution is 2.15. The summed E-state index contributed by atoms with van der Waals surface area (Å²) in [5, 5.41) is 6.95. The van der Waals surface area contributed by atoms with E-state index in [1.165, 1.54) is 10.9 Å². The maximum Gasteiger partial charge on any atom is 0.315 e. The molecule has 0 saturated heterocycles. The van der Waals surface area contributed by atoms with Crippen LogP contribution < -0.4 is 15.4 Å². The normalized spacial score (nSPS) is 10.6. The minimum Gasteiger partial charge on any atom is -0.481 e. The molecular formula is C19H22N4O2. The average Bonchev–Trinajstić information content (AvgIpc) is 3.07. The van der Waals surface area contributed by atoms with Crippen LogP contribution in [-0.4, -0.2) is 29.2 Å². The third-order valence-corrected chi connectivity index (χ3v) is 4.00. The van der Waals surface area contributed by atoms with Crippen LogP contribution in [-0.2, 0) is 13.1 Å². The second kappa shape index (κ2) is 8.19. The second-order valence-corrected chi connectivity index (χ2v) is 5.74. The lowest BCUT2D eigenvalue weighted by atomic mass is 10.2. The first-order chi connectivity index (χ1) is 12.3. The molecule has 2 heterocycles. The highest BCUT2D eigenvalue weighted by atomic mass is 16.5. The average molecular weight is 338 g/mol. The maximum absolute atomic E-state index is 11.9. The molecule has 6 heteroatoms. The van der Waals surface area contributed by atoms with E-state index < -0.39 is 0 Å². The highest BCUT2D eigenvalue weighted by molar-refractivity contribution is 5.79. The first kappa shape index (κ1) is 16.8. The van der Waals surface area contributed by atoms with Crippen molar-refractivity contribution in [2.45, 2.75) is 19.5 Å². The molecule has 0 aliphatic rings. The number of fused-ring (bicyclic) bond motifs is 1. The number of hydrogen-bond acceptors (Lipinski definition) is 3. The molecule has 2 amide bonds. The Kier molecular flexibility index (Phi) is 5.51. The summed E-state index contributed by atoms with van der Waals surface area (Å²) in [6.07, 6.45) is 4.62. The lowest BCUT2D eigenvalue weighted by Gasteiger charge is -2.09. The van der Waals surface area contributed by atoms with Crippen molar-refractivity contribution < 1.29 is 9.53 Å². The molecule has 3 aromatic rings. The molecule has 6 nitrogen and oxygen atoms in total. The van der Waals surface area contributed by atoms with Crippen molar-refractivity contribution in [3.63, 3.8) is 0 Å². The Labute approximate surface area is 146 Å². The predicted octanol–water partition coefficient (Wildman–Crippen LogP) is 2.93. The van der Waals surface area contributed by atoms with Crippen LogP contribution in [0.1, 0.15) is 12.0 Å². The van der Waals surface area contributed by atoms with Crippen LogP contribution in [0.4, 0.5) is 4.79 Å². The molecule has 2 aromatic heterocycles. The number of benzene rings is 1. The number of pyridine rings is 1. The fourth-order valence-electron chi connectivity index (χ4n) is 2.70. The number of amides is 2. The van der Waals surface area contributed by atoms with Crippen molar-refractivity contribution in [1.29, 1.82) is 0 Å². The molecule has 0 bridgehead atoms. The van der Waals surface area contributed by atoms with Crippen molar-refractivity contribution in [2.75, 3.05) is 13.7 Å². The molecule has 0 aliphatic carbocycles. The SMILES string of the molecule is COc1cc(CNC(=O)NCCCn2ccc3ccccc32)ccn1. The number of rotatable bonds is 7. The van der Waals surface area contributed by atoms with E-state index in [1.54, 1.807) is 19.4 Å². The number of nitrogens with one attached hydrogen (secondary N) is 2. The van der Waals surface area contributed by atoms with Crippen molar-refractivity contribution in [3.8, 4) is 5.88 Å². The molecule has 1 aromatic carbocycles. The van der Waals surface area contributed by atoms with E-state index in [9.17, 15) is 4.79 Å². The fourth-order valence-corrected chi connectivity index (χ4v) is 2.70. The van der Waals surface area contributed by atoms with E-state index in [4.69, 9.17) is 4.74 Å². The van der Waals surface area contributed by atoms with E-state index in [-0.39, 0.29) is 6.03 Å². The monoisotopic (exact) mass is 338 g/mol. The van der Waals surface area contributed by atoms with Crippen LogP contribution in [0, 0.1) is 0 Å². The molecule has 0 aliphatic heterocycles. The largest absolute Gasteiger partial charge is 0.481 e. The predicted molar refractivity (Wildman–Crippen MR) is 97.6 cm³/mol. The third-order valence-electron chi connectivity index (χ3n) is 4.00. The summed E-state index contributed by atoms with van der Waals surface area (Å²) in [5.74, 6) is 0.540. The number of carbonyl (C=O) groups excluding carboxylic acids is 1. The Morgan fingerprint density at radius 2 is 2.08 bits per heavy atom. The van der Waals surface area contributed by atoms with Gasteiger partial charge in [-0.1, -0.05) is 18.2 Å². The zero-order valence-corrected chi connectivity index (χ0v) is 14.2. The number of methoxy groups -OCH3 is 1. The van der Waals surface area contributed by atoms with Gasteiger partial charge in [-0.25, -0.2) is 9.78 Å². The first-order valence-electron chi connectivity index (χ1n) is 8.31. The fraction of sp³-hybridized carbons (Fsp3) is 0.263. The Morgan fingerprint density at radius 3 is 2.96 bits per heavy atom. The van der Waals surface area contributed by atoms with Crippen molar-refractivity contribution in [1.82, 2.24) is 20.2 Å². The molecule has 25 heavy (non-hydrogen) atoms. The quantitative estimate of drug-likeness (QED) is 0.651. The van der Waals surface area contributed by atoms with Gasteiger partial charge in [-0.05, 0) is 35.6 Å². The molecule has 130 valence electrons. The van der Waals surface area contributed by atoms with Gasteiger partial charge in [0, 0.05) is 43.6 Å². The number of nitrogens with zero attached hydrogens (tertiary/aromatic N) is 2. The Morgan fingerprint density at radius 1 is 1.20 bits per heavy atom. The third kappa shape index (κ3) is 4.50. The van der Waals surface area contributed by atoms with Crippen LogP contribution in [0.25, 0.3) is 10.9 Å². The maximum atomic E-state index is 11.9. The number of hydrogen-bond donors (Lipinski definition) is 2. The summed E-state index contributed by atoms with van der Waals surface area (Å²) in [5.41, 5.74) is 2.17. The van der Waals surface area contributed by atoms with E-state index in [2.05, 4.69) is 44.6 Å². The summed E-state index contributed by atoms with van der Waals surface area (Å²) >= 11 is 0. The van der Waals surface area contributed by atoms with Crippen molar-refractivity contribution >= 4 is 16.9 Å². The molecule has 0 radical (unpaired) electrons. The van der Waals surface area contributed by atoms with Crippen LogP contribution >= 0.6 is 0 Å². The van der Waals surface area contributed by atoms with Gasteiger partial charge in [0.25, 0.3) is 0 Å². The number of ether oxygens (including phenoxy) is 1. The lowest BCUT2D eigenvalue weighted by molar-refractivity contribution is 0.240. The van der Waals surface area contributed by atoms with E-state index in [1.807, 2.05) is 18.2 Å². The molecule has 0 atom stereocenters. The van der Waals surface area contributed by atoms with Gasteiger partial charge in [0.15, 0.2) is 0 Å². The molecule has 3 rings (SSSR count). The smallest absolute Gasteiger partial charge is 0.315 e. The Bertz CT molecular complexity index is 844. The number of carbonyl (C=O) groups is 1. The lowest BCUT2D eigenvalue weighted by Crippen LogP contribution is -2.35. The van der Waals surface area contributed by atoms with Gasteiger partial charge < -0.3 is 19.9 Å². The molecule has 0 fully saturated rings. The van der Waals surface area contributed by atoms with Gasteiger partial charge in [0.2, 0.25) is 5.88 Å². The van der Waals surface area contributed by atoms with E-state index >= 15 is 0 Å². The first-order valence-corrected chi connectivity index (χ1v) is 8.31. The summed E-state index contributed by atoms with van der Waals surface area (Å²) in [4.78, 5) is 15.9. The van der Waals surface area contributed by atoms with Gasteiger partial charge in [-0.3, -0.25) is 0 Å². The molecule has 0 saturated carbocycles. The zero-order chi connectivity index (χ0) is 17.5. The minimum atomic E-state index is -0.173. The number of para-hydroxylation sites is 1. The summed E-state index contributed by atoms with van der Waals surface area (Å²) in [6.45, 7) is 1.93. The molecular weight excluding hydrogens is 316 g/mol. The standard InChI is InChI=1S/C19H22N4O2/c1-25-18-13-15(7-10-20-18)14-22-19(24)21-9-4-11-23-12-8-16-5-2-3-6-17(16)23/h2-3,5-8,10,12-13H,4,9,11,14H2,1H3,(H2,21,22,24). The Hall–Kier alpha value is -3.02. The van der Waals surface area contributed by atoms with Crippen LogP contribution in [0.3, 0.4) is 0 Å². The summed E-state index contributed by atoms with van der Waals surface area (Å²) in [6, 6.07) is 13.9. The zero-order valence-electron chi connectivity index (χ0n) is 14.2. The number of aromatic nitrogens is 2. The van der Waals surface area contributed by atoms with Crippen LogP contribution in [0.15, 0.2) is 54.9 Å². The summed E-state index contributed by atoms with van der Waals surface area (Å²) < 4.78 is 7.27. The summed E-state index contributed by atoms with van der Waals surface area (Å²) in [7, 11) is 1.57. The van der Waals surface area contributed by atoms with E-state index in [0.717, 1.165) is 18.5 Å². The van der Waals surface area contributed by atoms with Gasteiger partial charge in [0.1, 0.15) is 0 Å². The van der Waals surface area contributed by atoms with E-state index in [0.29, 0.717) is 19.0 Å². The minimum absolute atomic E-state index is 0.173. The topological polar surface area (TPSA) is 68.2 Å². The van der Waals surface area contributed by atoms with Gasteiger partial charge in [-0.2, -0.15) is 0 Å². The number of aryl methyl sites for hydroxylation is 1. The highest BCUT2D eigenvalue weighted by Gasteiger charge is 2.03. The van der Waals surface area contributed by atoms with Gasteiger partial charge >= 0.3 is 6.03 Å². The second-order valence-electron chi connectivity index (χ2n) is 5.74. The molecule has 2 N–H and O–H groups in total. The number of urea groups is 1. The van der Waals surface area contributed by atoms with Crippen LogP contribution in [0.5, 0.6) is 5.88 Å². The molecule has 0 spiro atoms.